The second kappa shape index (κ2) is 9.96. The van der Waals surface area contributed by atoms with Crippen LogP contribution in [0.2, 0.25) is 0 Å². The van der Waals surface area contributed by atoms with Crippen LogP contribution < -0.4 is 5.32 Å². The zero-order valence-corrected chi connectivity index (χ0v) is 18.2. The highest BCUT2D eigenvalue weighted by Gasteiger charge is 2.22. The Morgan fingerprint density at radius 1 is 1.19 bits per heavy atom. The second-order valence-electron chi connectivity index (χ2n) is 6.78. The summed E-state index contributed by atoms with van der Waals surface area (Å²) in [5.74, 6) is 0.217. The Morgan fingerprint density at radius 3 is 2.61 bits per heavy atom. The third kappa shape index (κ3) is 5.32. The van der Waals surface area contributed by atoms with Crippen molar-refractivity contribution in [2.24, 2.45) is 0 Å². The quantitative estimate of drug-likeness (QED) is 0.426. The lowest BCUT2D eigenvalue weighted by Crippen LogP contribution is -2.30. The number of benzene rings is 2. The first kappa shape index (κ1) is 22.1. The molecule has 1 N–H and O–H groups in total. The summed E-state index contributed by atoms with van der Waals surface area (Å²) in [4.78, 5) is 26.0. The molecule has 0 unspecified atom stereocenters. The Morgan fingerprint density at radius 2 is 1.90 bits per heavy atom. The maximum atomic E-state index is 12.8. The Labute approximate surface area is 184 Å². The van der Waals surface area contributed by atoms with Gasteiger partial charge in [-0.25, -0.2) is 4.79 Å². The van der Waals surface area contributed by atoms with Crippen LogP contribution in [0.25, 0.3) is 0 Å². The Bertz CT molecular complexity index is 1130. The maximum absolute atomic E-state index is 12.8. The van der Waals surface area contributed by atoms with E-state index in [1.54, 1.807) is 36.4 Å². The van der Waals surface area contributed by atoms with Gasteiger partial charge < -0.3 is 14.6 Å². The fourth-order valence-electron chi connectivity index (χ4n) is 2.82. The van der Waals surface area contributed by atoms with Gasteiger partial charge in [0.1, 0.15) is 11.8 Å². The van der Waals surface area contributed by atoms with Crippen molar-refractivity contribution in [2.75, 3.05) is 5.32 Å². The molecule has 0 aliphatic carbocycles. The van der Waals surface area contributed by atoms with E-state index >= 15 is 0 Å². The van der Waals surface area contributed by atoms with Crippen LogP contribution in [0, 0.1) is 25.2 Å². The van der Waals surface area contributed by atoms with Gasteiger partial charge in [0.05, 0.1) is 22.5 Å². The van der Waals surface area contributed by atoms with Crippen molar-refractivity contribution >= 4 is 29.3 Å². The molecular formula is C23H21N3O4S. The van der Waals surface area contributed by atoms with Gasteiger partial charge in [0.25, 0.3) is 5.91 Å². The summed E-state index contributed by atoms with van der Waals surface area (Å²) < 4.78 is 10.6. The molecule has 1 atom stereocenters. The first-order chi connectivity index (χ1) is 14.9. The lowest BCUT2D eigenvalue weighted by atomic mass is 10.2. The van der Waals surface area contributed by atoms with Gasteiger partial charge in [0, 0.05) is 16.2 Å². The number of esters is 1. The molecule has 1 heterocycles. The van der Waals surface area contributed by atoms with Crippen molar-refractivity contribution < 1.29 is 18.8 Å². The lowest BCUT2D eigenvalue weighted by molar-refractivity contribution is -0.123. The van der Waals surface area contributed by atoms with Gasteiger partial charge >= 0.3 is 5.97 Å². The number of anilines is 1. The molecule has 0 aliphatic rings. The molecule has 31 heavy (non-hydrogen) atoms. The number of amides is 1. The fourth-order valence-corrected chi connectivity index (χ4v) is 4.01. The minimum absolute atomic E-state index is 0.329. The number of nitriles is 1. The van der Waals surface area contributed by atoms with Gasteiger partial charge in [0.15, 0.2) is 6.10 Å². The van der Waals surface area contributed by atoms with E-state index in [2.05, 4.69) is 10.5 Å². The number of para-hydroxylation sites is 1. The van der Waals surface area contributed by atoms with E-state index in [4.69, 9.17) is 14.5 Å². The average Bonchev–Trinajstić information content (AvgIpc) is 3.09. The van der Waals surface area contributed by atoms with E-state index in [0.717, 1.165) is 21.9 Å². The van der Waals surface area contributed by atoms with Crippen LogP contribution in [0.4, 0.5) is 5.69 Å². The van der Waals surface area contributed by atoms with Crippen LogP contribution in [0.1, 0.15) is 39.9 Å². The van der Waals surface area contributed by atoms with Crippen LogP contribution in [0.5, 0.6) is 0 Å². The molecule has 8 heteroatoms. The number of carbonyl (C=O) groups excluding carboxylic acids is 2. The zero-order chi connectivity index (χ0) is 22.4. The predicted molar refractivity (Wildman–Crippen MR) is 117 cm³/mol. The molecule has 3 rings (SSSR count). The Kier molecular flexibility index (Phi) is 7.11. The number of nitrogens with one attached hydrogen (secondary N) is 1. The molecule has 7 nitrogen and oxygen atoms in total. The third-order valence-electron chi connectivity index (χ3n) is 4.62. The summed E-state index contributed by atoms with van der Waals surface area (Å²) in [6, 6.07) is 15.7. The average molecular weight is 436 g/mol. The van der Waals surface area contributed by atoms with E-state index in [-0.39, 0.29) is 0 Å². The number of rotatable bonds is 7. The number of aryl methyl sites for hydroxylation is 2. The highest BCUT2D eigenvalue weighted by Crippen LogP contribution is 2.29. The van der Waals surface area contributed by atoms with Gasteiger partial charge in [-0.15, -0.1) is 11.8 Å². The van der Waals surface area contributed by atoms with E-state index in [1.165, 1.54) is 18.7 Å². The van der Waals surface area contributed by atoms with Crippen molar-refractivity contribution in [3.63, 3.8) is 0 Å². The molecule has 2 aromatic carbocycles. The van der Waals surface area contributed by atoms with Crippen LogP contribution in [0.3, 0.4) is 0 Å². The third-order valence-corrected chi connectivity index (χ3v) is 5.72. The van der Waals surface area contributed by atoms with Crippen molar-refractivity contribution in [2.45, 2.75) is 37.5 Å². The van der Waals surface area contributed by atoms with E-state index in [0.29, 0.717) is 22.6 Å². The highest BCUT2D eigenvalue weighted by atomic mass is 32.2. The molecule has 0 spiro atoms. The van der Waals surface area contributed by atoms with Gasteiger partial charge in [-0.3, -0.25) is 4.79 Å². The number of thioether (sulfide) groups is 1. The molecule has 0 saturated heterocycles. The SMILES string of the molecule is Cc1noc(C)c1CSc1ccccc1C(=O)O[C@H](C)C(=O)Nc1ccccc1C#N. The number of hydrogen-bond acceptors (Lipinski definition) is 7. The van der Waals surface area contributed by atoms with Crippen molar-refractivity contribution in [3.05, 3.63) is 76.7 Å². The minimum atomic E-state index is -1.04. The van der Waals surface area contributed by atoms with Gasteiger partial charge in [-0.1, -0.05) is 29.4 Å². The molecule has 158 valence electrons. The highest BCUT2D eigenvalue weighted by molar-refractivity contribution is 7.98. The standard InChI is InChI=1S/C23H21N3O4S/c1-14-19(15(2)30-26-14)13-31-21-11-7-5-9-18(21)23(28)29-16(3)22(27)25-20-10-6-4-8-17(20)12-24/h4-11,16H,13H2,1-3H3,(H,25,27)/t16-/m1/s1. The van der Waals surface area contributed by atoms with E-state index in [1.807, 2.05) is 32.0 Å². The molecule has 0 bridgehead atoms. The molecule has 1 aromatic heterocycles. The Balaban J connectivity index is 1.67. The number of nitrogens with zero attached hydrogens (tertiary/aromatic N) is 2. The van der Waals surface area contributed by atoms with Crippen molar-refractivity contribution in [3.8, 4) is 6.07 Å². The number of carbonyl (C=O) groups is 2. The summed E-state index contributed by atoms with van der Waals surface area (Å²) in [5.41, 5.74) is 2.87. The summed E-state index contributed by atoms with van der Waals surface area (Å²) in [6.07, 6.45) is -1.04. The first-order valence-corrected chi connectivity index (χ1v) is 10.5. The molecule has 1 amide bonds. The number of aromatic nitrogens is 1. The molecule has 3 aromatic rings. The smallest absolute Gasteiger partial charge is 0.340 e. The number of hydrogen-bond donors (Lipinski definition) is 1. The fraction of sp³-hybridized carbons (Fsp3) is 0.217. The topological polar surface area (TPSA) is 105 Å². The predicted octanol–water partition coefficient (Wildman–Crippen LogP) is 4.64. The van der Waals surface area contributed by atoms with Crippen LogP contribution >= 0.6 is 11.8 Å². The molecule has 0 fully saturated rings. The van der Waals surface area contributed by atoms with E-state index < -0.39 is 18.0 Å². The zero-order valence-electron chi connectivity index (χ0n) is 17.3. The lowest BCUT2D eigenvalue weighted by Gasteiger charge is -2.15. The van der Waals surface area contributed by atoms with Gasteiger partial charge in [0.2, 0.25) is 0 Å². The maximum Gasteiger partial charge on any atom is 0.340 e. The van der Waals surface area contributed by atoms with Gasteiger partial charge in [-0.2, -0.15) is 5.26 Å². The van der Waals surface area contributed by atoms with Crippen LogP contribution in [-0.2, 0) is 15.3 Å². The summed E-state index contributed by atoms with van der Waals surface area (Å²) in [5, 5.41) is 15.7. The molecule has 0 saturated carbocycles. The van der Waals surface area contributed by atoms with Crippen molar-refractivity contribution in [1.82, 2.24) is 5.16 Å². The number of ether oxygens (including phenoxy) is 1. The van der Waals surface area contributed by atoms with Crippen LogP contribution in [-0.4, -0.2) is 23.1 Å². The Hall–Kier alpha value is -3.57. The monoisotopic (exact) mass is 435 g/mol. The molecule has 0 radical (unpaired) electrons. The van der Waals surface area contributed by atoms with Crippen LogP contribution in [0.15, 0.2) is 57.9 Å². The van der Waals surface area contributed by atoms with Gasteiger partial charge in [-0.05, 0) is 45.0 Å². The largest absolute Gasteiger partial charge is 0.449 e. The van der Waals surface area contributed by atoms with Crippen molar-refractivity contribution in [1.29, 1.82) is 5.26 Å². The first-order valence-electron chi connectivity index (χ1n) is 9.55. The second-order valence-corrected chi connectivity index (χ2v) is 7.80. The summed E-state index contributed by atoms with van der Waals surface area (Å²) >= 11 is 1.47. The minimum Gasteiger partial charge on any atom is -0.449 e. The molecule has 0 aliphatic heterocycles. The van der Waals surface area contributed by atoms with E-state index in [9.17, 15) is 9.59 Å². The normalized spacial score (nSPS) is 11.4. The summed E-state index contributed by atoms with van der Waals surface area (Å²) in [7, 11) is 0. The molecular weight excluding hydrogens is 414 g/mol. The summed E-state index contributed by atoms with van der Waals surface area (Å²) in [6.45, 7) is 5.21.